The van der Waals surface area contributed by atoms with Crippen LogP contribution in [0.2, 0.25) is 0 Å². The monoisotopic (exact) mass is 223 g/mol. The fourth-order valence-electron chi connectivity index (χ4n) is 2.16. The van der Waals surface area contributed by atoms with Crippen LogP contribution in [0.1, 0.15) is 24.3 Å². The van der Waals surface area contributed by atoms with E-state index in [1.54, 1.807) is 6.07 Å². The molecular formula is C12H17NO3. The summed E-state index contributed by atoms with van der Waals surface area (Å²) >= 11 is 0. The minimum atomic E-state index is -0.180. The molecule has 1 saturated heterocycles. The van der Waals surface area contributed by atoms with E-state index in [4.69, 9.17) is 4.74 Å². The highest BCUT2D eigenvalue weighted by Gasteiger charge is 2.18. The molecular weight excluding hydrogens is 206 g/mol. The van der Waals surface area contributed by atoms with E-state index >= 15 is 0 Å². The molecule has 0 spiro atoms. The Labute approximate surface area is 94.9 Å². The van der Waals surface area contributed by atoms with Gasteiger partial charge in [0.05, 0.1) is 7.11 Å². The normalized spacial score (nSPS) is 17.3. The van der Waals surface area contributed by atoms with Crippen LogP contribution < -0.4 is 10.1 Å². The zero-order valence-electron chi connectivity index (χ0n) is 9.36. The van der Waals surface area contributed by atoms with E-state index < -0.39 is 0 Å². The average Bonchev–Trinajstić information content (AvgIpc) is 2.33. The van der Waals surface area contributed by atoms with Gasteiger partial charge in [-0.3, -0.25) is 0 Å². The van der Waals surface area contributed by atoms with Gasteiger partial charge in [0.25, 0.3) is 0 Å². The number of rotatable bonds is 2. The molecule has 3 N–H and O–H groups in total. The molecule has 0 aliphatic carbocycles. The molecule has 1 aromatic carbocycles. The van der Waals surface area contributed by atoms with E-state index in [9.17, 15) is 10.2 Å². The standard InChI is InChI=1S/C12H17NO3/c1-16-11-7-9(6-10(14)12(11)15)8-2-4-13-5-3-8/h6-8,13-15H,2-5H2,1H3. The fraction of sp³-hybridized carbons (Fsp3) is 0.500. The van der Waals surface area contributed by atoms with Gasteiger partial charge in [-0.05, 0) is 49.5 Å². The summed E-state index contributed by atoms with van der Waals surface area (Å²) in [5.41, 5.74) is 1.04. The number of methoxy groups -OCH3 is 1. The summed E-state index contributed by atoms with van der Waals surface area (Å²) in [6.45, 7) is 1.99. The van der Waals surface area contributed by atoms with Crippen LogP contribution >= 0.6 is 0 Å². The van der Waals surface area contributed by atoms with E-state index in [1.807, 2.05) is 6.07 Å². The van der Waals surface area contributed by atoms with Gasteiger partial charge < -0.3 is 20.3 Å². The molecule has 4 heteroatoms. The third kappa shape index (κ3) is 2.07. The lowest BCUT2D eigenvalue weighted by atomic mass is 9.90. The van der Waals surface area contributed by atoms with Gasteiger partial charge in [0, 0.05) is 0 Å². The first-order chi connectivity index (χ1) is 7.72. The van der Waals surface area contributed by atoms with Gasteiger partial charge in [-0.1, -0.05) is 0 Å². The van der Waals surface area contributed by atoms with Crippen molar-refractivity contribution in [2.24, 2.45) is 0 Å². The van der Waals surface area contributed by atoms with Gasteiger partial charge in [0.1, 0.15) is 0 Å². The van der Waals surface area contributed by atoms with Gasteiger partial charge in [-0.25, -0.2) is 0 Å². The SMILES string of the molecule is COc1cc(C2CCNCC2)cc(O)c1O. The Balaban J connectivity index is 2.29. The number of hydrogen-bond donors (Lipinski definition) is 3. The first-order valence-electron chi connectivity index (χ1n) is 5.53. The number of benzene rings is 1. The molecule has 4 nitrogen and oxygen atoms in total. The van der Waals surface area contributed by atoms with Crippen LogP contribution in [-0.4, -0.2) is 30.4 Å². The molecule has 1 aliphatic heterocycles. The highest BCUT2D eigenvalue weighted by molar-refractivity contribution is 5.52. The third-order valence-corrected chi connectivity index (χ3v) is 3.11. The van der Waals surface area contributed by atoms with Crippen LogP contribution in [0.5, 0.6) is 17.2 Å². The summed E-state index contributed by atoms with van der Waals surface area (Å²) in [6, 6.07) is 3.44. The number of hydrogen-bond acceptors (Lipinski definition) is 4. The van der Waals surface area contributed by atoms with Crippen LogP contribution in [-0.2, 0) is 0 Å². The second-order valence-electron chi connectivity index (χ2n) is 4.12. The van der Waals surface area contributed by atoms with E-state index in [2.05, 4.69) is 5.32 Å². The summed E-state index contributed by atoms with van der Waals surface area (Å²) in [5.74, 6) is 0.489. The van der Waals surface area contributed by atoms with Crippen molar-refractivity contribution in [1.82, 2.24) is 5.32 Å². The number of phenolic OH excluding ortho intramolecular Hbond substituents is 2. The Morgan fingerprint density at radius 1 is 1.25 bits per heavy atom. The van der Waals surface area contributed by atoms with Gasteiger partial charge in [-0.15, -0.1) is 0 Å². The number of ether oxygens (including phenoxy) is 1. The summed E-state index contributed by atoms with van der Waals surface area (Å²) in [4.78, 5) is 0. The molecule has 16 heavy (non-hydrogen) atoms. The number of phenols is 2. The lowest BCUT2D eigenvalue weighted by Crippen LogP contribution is -2.26. The van der Waals surface area contributed by atoms with Crippen LogP contribution in [0.3, 0.4) is 0 Å². The Kier molecular flexibility index (Phi) is 3.19. The highest BCUT2D eigenvalue weighted by Crippen LogP contribution is 2.39. The lowest BCUT2D eigenvalue weighted by molar-refractivity contribution is 0.348. The van der Waals surface area contributed by atoms with Crippen LogP contribution in [0.25, 0.3) is 0 Å². The van der Waals surface area contributed by atoms with Crippen LogP contribution in [0.4, 0.5) is 0 Å². The highest BCUT2D eigenvalue weighted by atomic mass is 16.5. The van der Waals surface area contributed by atoms with Crippen LogP contribution in [0.15, 0.2) is 12.1 Å². The van der Waals surface area contributed by atoms with Crippen molar-refractivity contribution in [2.45, 2.75) is 18.8 Å². The Hall–Kier alpha value is -1.42. The van der Waals surface area contributed by atoms with Crippen molar-refractivity contribution in [3.05, 3.63) is 17.7 Å². The Bertz CT molecular complexity index is 373. The lowest BCUT2D eigenvalue weighted by Gasteiger charge is -2.23. The largest absolute Gasteiger partial charge is 0.504 e. The number of aromatic hydroxyl groups is 2. The van der Waals surface area contributed by atoms with E-state index in [0.29, 0.717) is 11.7 Å². The summed E-state index contributed by atoms with van der Waals surface area (Å²) in [6.07, 6.45) is 2.10. The molecule has 88 valence electrons. The Morgan fingerprint density at radius 3 is 2.56 bits per heavy atom. The molecule has 2 rings (SSSR count). The van der Waals surface area contributed by atoms with Crippen molar-refractivity contribution in [2.75, 3.05) is 20.2 Å². The maximum Gasteiger partial charge on any atom is 0.200 e. The van der Waals surface area contributed by atoms with E-state index in [0.717, 1.165) is 31.5 Å². The molecule has 0 amide bonds. The van der Waals surface area contributed by atoms with E-state index in [1.165, 1.54) is 7.11 Å². The molecule has 1 fully saturated rings. The molecule has 0 radical (unpaired) electrons. The van der Waals surface area contributed by atoms with Crippen LogP contribution in [0, 0.1) is 0 Å². The summed E-state index contributed by atoms with van der Waals surface area (Å²) in [5, 5.41) is 22.4. The topological polar surface area (TPSA) is 61.7 Å². The predicted octanol–water partition coefficient (Wildman–Crippen LogP) is 1.57. The molecule has 0 unspecified atom stereocenters. The second kappa shape index (κ2) is 4.61. The fourth-order valence-corrected chi connectivity index (χ4v) is 2.16. The Morgan fingerprint density at radius 2 is 1.94 bits per heavy atom. The molecule has 1 aromatic rings. The number of nitrogens with one attached hydrogen (secondary N) is 1. The van der Waals surface area contributed by atoms with Gasteiger partial charge in [-0.2, -0.15) is 0 Å². The minimum Gasteiger partial charge on any atom is -0.504 e. The third-order valence-electron chi connectivity index (χ3n) is 3.11. The predicted molar refractivity (Wildman–Crippen MR) is 61.2 cm³/mol. The molecule has 0 aromatic heterocycles. The maximum atomic E-state index is 9.60. The number of piperidine rings is 1. The van der Waals surface area contributed by atoms with Crippen molar-refractivity contribution in [3.8, 4) is 17.2 Å². The van der Waals surface area contributed by atoms with Crippen molar-refractivity contribution in [1.29, 1.82) is 0 Å². The molecule has 0 saturated carbocycles. The molecule has 0 atom stereocenters. The van der Waals surface area contributed by atoms with Crippen molar-refractivity contribution in [3.63, 3.8) is 0 Å². The zero-order valence-corrected chi connectivity index (χ0v) is 9.36. The van der Waals surface area contributed by atoms with Crippen molar-refractivity contribution >= 4 is 0 Å². The van der Waals surface area contributed by atoms with Gasteiger partial charge >= 0.3 is 0 Å². The first-order valence-corrected chi connectivity index (χ1v) is 5.53. The molecule has 1 aliphatic rings. The van der Waals surface area contributed by atoms with Gasteiger partial charge in [0.2, 0.25) is 5.75 Å². The van der Waals surface area contributed by atoms with Gasteiger partial charge in [0.15, 0.2) is 11.5 Å². The molecule has 1 heterocycles. The zero-order chi connectivity index (χ0) is 11.5. The smallest absolute Gasteiger partial charge is 0.200 e. The second-order valence-corrected chi connectivity index (χ2v) is 4.12. The quantitative estimate of drug-likeness (QED) is 0.666. The van der Waals surface area contributed by atoms with E-state index in [-0.39, 0.29) is 11.5 Å². The summed E-state index contributed by atoms with van der Waals surface area (Å²) in [7, 11) is 1.49. The first kappa shape index (κ1) is 11.1. The summed E-state index contributed by atoms with van der Waals surface area (Å²) < 4.78 is 5.03. The average molecular weight is 223 g/mol. The maximum absolute atomic E-state index is 9.60. The van der Waals surface area contributed by atoms with Crippen molar-refractivity contribution < 1.29 is 14.9 Å². The molecule has 0 bridgehead atoms. The minimum absolute atomic E-state index is 0.104.